The first-order valence-electron chi connectivity index (χ1n) is 6.63. The lowest BCUT2D eigenvalue weighted by molar-refractivity contribution is -0.117. The Morgan fingerprint density at radius 2 is 1.70 bits per heavy atom. The van der Waals surface area contributed by atoms with Crippen LogP contribution in [0.4, 0.5) is 0 Å². The molecular weight excluding hydrogens is 248 g/mol. The summed E-state index contributed by atoms with van der Waals surface area (Å²) in [5, 5.41) is 1.10. The summed E-state index contributed by atoms with van der Waals surface area (Å²) in [5.41, 5.74) is 8.69. The predicted octanol–water partition coefficient (Wildman–Crippen LogP) is 2.72. The summed E-state index contributed by atoms with van der Waals surface area (Å²) in [6.45, 7) is 0.792. The summed E-state index contributed by atoms with van der Waals surface area (Å²) < 4.78 is 2.17. The van der Waals surface area contributed by atoms with Crippen molar-refractivity contribution < 1.29 is 4.79 Å². The minimum absolute atomic E-state index is 0.280. The van der Waals surface area contributed by atoms with Gasteiger partial charge in [-0.3, -0.25) is 4.79 Å². The summed E-state index contributed by atoms with van der Waals surface area (Å²) in [4.78, 5) is 11.2. The number of rotatable bonds is 4. The van der Waals surface area contributed by atoms with Gasteiger partial charge in [0.05, 0.1) is 6.42 Å². The van der Waals surface area contributed by atoms with Crippen LogP contribution in [0.25, 0.3) is 10.9 Å². The second kappa shape index (κ2) is 5.21. The number of primary amides is 1. The third-order valence-electron chi connectivity index (χ3n) is 3.43. The molecule has 0 unspecified atom stereocenters. The molecule has 3 heteroatoms. The van der Waals surface area contributed by atoms with Gasteiger partial charge < -0.3 is 10.3 Å². The Bertz CT molecular complexity index is 744. The van der Waals surface area contributed by atoms with Crippen molar-refractivity contribution in [3.05, 3.63) is 71.9 Å². The molecule has 3 nitrogen and oxygen atoms in total. The van der Waals surface area contributed by atoms with Gasteiger partial charge in [-0.2, -0.15) is 0 Å². The molecule has 1 heterocycles. The molecule has 3 rings (SSSR count). The van der Waals surface area contributed by atoms with Crippen LogP contribution in [0.1, 0.15) is 11.1 Å². The third-order valence-corrected chi connectivity index (χ3v) is 3.43. The molecule has 0 saturated carbocycles. The van der Waals surface area contributed by atoms with Crippen LogP contribution in [0, 0.1) is 0 Å². The molecule has 2 N–H and O–H groups in total. The Labute approximate surface area is 117 Å². The van der Waals surface area contributed by atoms with Crippen LogP contribution in [0.2, 0.25) is 0 Å². The van der Waals surface area contributed by atoms with Gasteiger partial charge in [-0.25, -0.2) is 0 Å². The molecule has 0 fully saturated rings. The Morgan fingerprint density at radius 1 is 1.00 bits per heavy atom. The summed E-state index contributed by atoms with van der Waals surface area (Å²) in [7, 11) is 0. The largest absolute Gasteiger partial charge is 0.369 e. The second-order valence-electron chi connectivity index (χ2n) is 4.93. The van der Waals surface area contributed by atoms with Gasteiger partial charge in [-0.15, -0.1) is 0 Å². The Kier molecular flexibility index (Phi) is 3.25. The van der Waals surface area contributed by atoms with Crippen molar-refractivity contribution in [2.24, 2.45) is 5.73 Å². The normalized spacial score (nSPS) is 10.8. The Hall–Kier alpha value is -2.55. The zero-order valence-electron chi connectivity index (χ0n) is 11.1. The van der Waals surface area contributed by atoms with Gasteiger partial charge in [0, 0.05) is 23.6 Å². The van der Waals surface area contributed by atoms with Crippen LogP contribution < -0.4 is 5.73 Å². The quantitative estimate of drug-likeness (QED) is 0.774. The fraction of sp³-hybridized carbons (Fsp3) is 0.118. The fourth-order valence-corrected chi connectivity index (χ4v) is 2.56. The van der Waals surface area contributed by atoms with Gasteiger partial charge in [0.15, 0.2) is 0 Å². The van der Waals surface area contributed by atoms with Crippen molar-refractivity contribution in [2.75, 3.05) is 0 Å². The molecular formula is C17H16N2O. The van der Waals surface area contributed by atoms with Crippen LogP contribution in [-0.4, -0.2) is 10.5 Å². The maximum absolute atomic E-state index is 11.2. The van der Waals surface area contributed by atoms with E-state index in [0.717, 1.165) is 23.0 Å². The molecule has 20 heavy (non-hydrogen) atoms. The van der Waals surface area contributed by atoms with E-state index in [4.69, 9.17) is 5.73 Å². The van der Waals surface area contributed by atoms with E-state index < -0.39 is 0 Å². The molecule has 0 aliphatic heterocycles. The molecule has 0 saturated heterocycles. The number of aromatic nitrogens is 1. The average Bonchev–Trinajstić information content (AvgIpc) is 2.78. The number of fused-ring (bicyclic) bond motifs is 1. The van der Waals surface area contributed by atoms with E-state index in [9.17, 15) is 4.79 Å². The van der Waals surface area contributed by atoms with Crippen LogP contribution in [0.15, 0.2) is 60.8 Å². The van der Waals surface area contributed by atoms with Gasteiger partial charge in [-0.05, 0) is 17.2 Å². The number of hydrogen-bond donors (Lipinski definition) is 1. The minimum atomic E-state index is -0.299. The molecule has 0 aliphatic rings. The van der Waals surface area contributed by atoms with Crippen LogP contribution in [-0.2, 0) is 17.8 Å². The molecule has 0 atom stereocenters. The molecule has 100 valence electrons. The summed E-state index contributed by atoms with van der Waals surface area (Å²) in [6.07, 6.45) is 2.31. The number of nitrogens with zero attached hydrogens (tertiary/aromatic N) is 1. The summed E-state index contributed by atoms with van der Waals surface area (Å²) >= 11 is 0. The molecule has 0 aliphatic carbocycles. The van der Waals surface area contributed by atoms with E-state index in [0.29, 0.717) is 0 Å². The molecule has 0 spiro atoms. The van der Waals surface area contributed by atoms with Crippen molar-refractivity contribution >= 4 is 16.8 Å². The number of benzene rings is 2. The number of amides is 1. The lowest BCUT2D eigenvalue weighted by Gasteiger charge is -2.05. The second-order valence-corrected chi connectivity index (χ2v) is 4.93. The Morgan fingerprint density at radius 3 is 2.45 bits per heavy atom. The average molecular weight is 264 g/mol. The number of hydrogen-bond acceptors (Lipinski definition) is 1. The van der Waals surface area contributed by atoms with Gasteiger partial charge in [0.25, 0.3) is 0 Å². The monoisotopic (exact) mass is 264 g/mol. The first-order valence-corrected chi connectivity index (χ1v) is 6.63. The minimum Gasteiger partial charge on any atom is -0.369 e. The SMILES string of the molecule is NC(=O)Cc1cn(Cc2ccccc2)c2ccccc12. The highest BCUT2D eigenvalue weighted by Gasteiger charge is 2.10. The number of para-hydroxylation sites is 1. The van der Waals surface area contributed by atoms with Crippen LogP contribution >= 0.6 is 0 Å². The van der Waals surface area contributed by atoms with E-state index >= 15 is 0 Å². The van der Waals surface area contributed by atoms with Crippen LogP contribution in [0.3, 0.4) is 0 Å². The first-order chi connectivity index (χ1) is 9.74. The number of carbonyl (C=O) groups excluding carboxylic acids is 1. The summed E-state index contributed by atoms with van der Waals surface area (Å²) in [6, 6.07) is 18.4. The fourth-order valence-electron chi connectivity index (χ4n) is 2.56. The van der Waals surface area contributed by atoms with Gasteiger partial charge >= 0.3 is 0 Å². The highest BCUT2D eigenvalue weighted by Crippen LogP contribution is 2.22. The number of carbonyl (C=O) groups is 1. The van der Waals surface area contributed by atoms with Crippen molar-refractivity contribution in [2.45, 2.75) is 13.0 Å². The zero-order chi connectivity index (χ0) is 13.9. The molecule has 1 aromatic heterocycles. The molecule has 2 aromatic carbocycles. The standard InChI is InChI=1S/C17H16N2O/c18-17(20)10-14-12-19(11-13-6-2-1-3-7-13)16-9-5-4-8-15(14)16/h1-9,12H,10-11H2,(H2,18,20). The van der Waals surface area contributed by atoms with E-state index in [2.05, 4.69) is 22.8 Å². The van der Waals surface area contributed by atoms with Gasteiger partial charge in [0.2, 0.25) is 5.91 Å². The highest BCUT2D eigenvalue weighted by molar-refractivity contribution is 5.88. The van der Waals surface area contributed by atoms with Crippen LogP contribution in [0.5, 0.6) is 0 Å². The number of nitrogens with two attached hydrogens (primary N) is 1. The molecule has 1 amide bonds. The third kappa shape index (κ3) is 2.43. The van der Waals surface area contributed by atoms with E-state index in [1.807, 2.05) is 42.6 Å². The molecule has 0 bridgehead atoms. The van der Waals surface area contributed by atoms with E-state index in [-0.39, 0.29) is 12.3 Å². The van der Waals surface area contributed by atoms with E-state index in [1.54, 1.807) is 0 Å². The highest BCUT2D eigenvalue weighted by atomic mass is 16.1. The maximum atomic E-state index is 11.2. The van der Waals surface area contributed by atoms with Crippen molar-refractivity contribution in [1.82, 2.24) is 4.57 Å². The van der Waals surface area contributed by atoms with Crippen molar-refractivity contribution in [3.8, 4) is 0 Å². The van der Waals surface area contributed by atoms with Crippen molar-refractivity contribution in [3.63, 3.8) is 0 Å². The lowest BCUT2D eigenvalue weighted by atomic mass is 10.1. The molecule has 3 aromatic rings. The van der Waals surface area contributed by atoms with Gasteiger partial charge in [-0.1, -0.05) is 48.5 Å². The van der Waals surface area contributed by atoms with E-state index in [1.165, 1.54) is 5.56 Å². The smallest absolute Gasteiger partial charge is 0.221 e. The predicted molar refractivity (Wildman–Crippen MR) is 80.4 cm³/mol. The lowest BCUT2D eigenvalue weighted by Crippen LogP contribution is -2.13. The first kappa shape index (κ1) is 12.5. The maximum Gasteiger partial charge on any atom is 0.221 e. The topological polar surface area (TPSA) is 48.0 Å². The van der Waals surface area contributed by atoms with Gasteiger partial charge in [0.1, 0.15) is 0 Å². The Balaban J connectivity index is 2.04. The zero-order valence-corrected chi connectivity index (χ0v) is 11.1. The molecule has 0 radical (unpaired) electrons. The van der Waals surface area contributed by atoms with Crippen molar-refractivity contribution in [1.29, 1.82) is 0 Å². The summed E-state index contributed by atoms with van der Waals surface area (Å²) in [5.74, 6) is -0.299.